The molecule has 144 valence electrons. The molecule has 0 aliphatic rings. The van der Waals surface area contributed by atoms with E-state index in [1.807, 2.05) is 18.2 Å². The number of carbonyl (C=O) groups excluding carboxylic acids is 1. The second-order valence-corrected chi connectivity index (χ2v) is 10.8. The Morgan fingerprint density at radius 3 is 1.59 bits per heavy atom. The molecule has 0 saturated carbocycles. The van der Waals surface area contributed by atoms with Crippen LogP contribution in [0.2, 0.25) is 0 Å². The summed E-state index contributed by atoms with van der Waals surface area (Å²) in [5.74, 6) is -0.0993. The molecule has 0 radical (unpaired) electrons. The molecule has 0 spiro atoms. The topological polar surface area (TPSA) is 42.0 Å². The molecule has 0 atom stereocenters. The van der Waals surface area contributed by atoms with Gasteiger partial charge in [-0.2, -0.15) is 0 Å². The summed E-state index contributed by atoms with van der Waals surface area (Å²) in [5, 5.41) is 7.02. The molecule has 0 bridgehead atoms. The molecule has 3 nitrogen and oxygen atoms in total. The van der Waals surface area contributed by atoms with Crippen LogP contribution in [0.5, 0.6) is 0 Å². The number of nitrogens with zero attached hydrogens (tertiary/aromatic N) is 1. The van der Waals surface area contributed by atoms with Gasteiger partial charge in [0.05, 0.1) is 0 Å². The second kappa shape index (κ2) is 8.81. The summed E-state index contributed by atoms with van der Waals surface area (Å²) in [6, 6.07) is 35.2. The van der Waals surface area contributed by atoms with Crippen LogP contribution in [0.1, 0.15) is 10.4 Å². The van der Waals surface area contributed by atoms with E-state index < -0.39 is 7.26 Å². The van der Waals surface area contributed by atoms with Gasteiger partial charge in [-0.05, 0) is 0 Å². The number of hydrogen-bond acceptors (Lipinski definition) is 2. The Morgan fingerprint density at radius 1 is 0.690 bits per heavy atom. The SMILES string of the molecule is O=C(NC[PH](c1ccccc1)(c1ccccc1)c1ccccc1)c1cccnc1. The van der Waals surface area contributed by atoms with Gasteiger partial charge in [-0.25, -0.2) is 0 Å². The van der Waals surface area contributed by atoms with Crippen LogP contribution in [-0.2, 0) is 0 Å². The van der Waals surface area contributed by atoms with E-state index in [1.54, 1.807) is 24.5 Å². The van der Waals surface area contributed by atoms with Crippen molar-refractivity contribution in [2.75, 3.05) is 6.29 Å². The Hall–Kier alpha value is -3.29. The van der Waals surface area contributed by atoms with Crippen LogP contribution in [0.3, 0.4) is 0 Å². The molecule has 1 amide bonds. The number of pyridine rings is 1. The molecule has 0 saturated heterocycles. The molecule has 4 rings (SSSR count). The molecule has 0 unspecified atom stereocenters. The molecule has 0 fully saturated rings. The molecule has 1 N–H and O–H groups in total. The minimum absolute atomic E-state index is 0.0993. The number of carbonyl (C=O) groups is 1. The molecule has 1 aromatic heterocycles. The van der Waals surface area contributed by atoms with Crippen molar-refractivity contribution in [1.29, 1.82) is 0 Å². The summed E-state index contributed by atoms with van der Waals surface area (Å²) in [6.07, 6.45) is 3.85. The van der Waals surface area contributed by atoms with Crippen molar-refractivity contribution >= 4 is 29.1 Å². The number of rotatable bonds is 6. The number of amides is 1. The van der Waals surface area contributed by atoms with Gasteiger partial charge in [-0.3, -0.25) is 0 Å². The molecule has 1 heterocycles. The zero-order valence-corrected chi connectivity index (χ0v) is 17.0. The van der Waals surface area contributed by atoms with Crippen molar-refractivity contribution in [1.82, 2.24) is 10.3 Å². The van der Waals surface area contributed by atoms with Gasteiger partial charge in [0.25, 0.3) is 0 Å². The first-order valence-electron chi connectivity index (χ1n) is 9.65. The average molecular weight is 398 g/mol. The van der Waals surface area contributed by atoms with E-state index >= 15 is 0 Å². The molecule has 0 aliphatic carbocycles. The van der Waals surface area contributed by atoms with Crippen molar-refractivity contribution in [2.45, 2.75) is 0 Å². The standard InChI is InChI=1S/C25H23N2OP/c28-25(21-11-10-18-26-19-21)27-20-29(22-12-4-1-5-13-22,23-14-6-2-7-15-23)24-16-8-3-9-17-24/h1-19,29H,20H2,(H,27,28). The van der Waals surface area contributed by atoms with Gasteiger partial charge < -0.3 is 0 Å². The van der Waals surface area contributed by atoms with Crippen molar-refractivity contribution in [2.24, 2.45) is 0 Å². The van der Waals surface area contributed by atoms with E-state index in [1.165, 1.54) is 15.9 Å². The molecule has 4 aromatic rings. The van der Waals surface area contributed by atoms with Gasteiger partial charge in [-0.15, -0.1) is 0 Å². The number of nitrogens with one attached hydrogen (secondary N) is 1. The van der Waals surface area contributed by atoms with Gasteiger partial charge in [0, 0.05) is 0 Å². The third-order valence-corrected chi connectivity index (χ3v) is 9.90. The maximum absolute atomic E-state index is 12.9. The zero-order valence-electron chi connectivity index (χ0n) is 16.0. The van der Waals surface area contributed by atoms with Crippen LogP contribution < -0.4 is 21.2 Å². The fraction of sp³-hybridized carbons (Fsp3) is 0.0400. The summed E-state index contributed by atoms with van der Waals surface area (Å²) in [7, 11) is -2.47. The Kier molecular flexibility index (Phi) is 5.79. The quantitative estimate of drug-likeness (QED) is 0.505. The number of benzene rings is 3. The molecular weight excluding hydrogens is 375 g/mol. The summed E-state index contributed by atoms with van der Waals surface area (Å²) in [5.41, 5.74) is 0.574. The van der Waals surface area contributed by atoms with Crippen molar-refractivity contribution in [3.8, 4) is 0 Å². The molecule has 3 aromatic carbocycles. The molecule has 4 heteroatoms. The minimum atomic E-state index is -2.47. The van der Waals surface area contributed by atoms with Gasteiger partial charge in [-0.1, -0.05) is 0 Å². The number of hydrogen-bond donors (Lipinski definition) is 1. The molecular formula is C25H23N2OP. The third-order valence-electron chi connectivity index (χ3n) is 5.24. The van der Waals surface area contributed by atoms with Crippen molar-refractivity contribution < 1.29 is 4.79 Å². The zero-order chi connectivity index (χ0) is 19.9. The van der Waals surface area contributed by atoms with Crippen molar-refractivity contribution in [3.63, 3.8) is 0 Å². The Morgan fingerprint density at radius 2 is 1.17 bits per heavy atom. The first kappa shape index (κ1) is 19.0. The Bertz CT molecular complexity index is 958. The van der Waals surface area contributed by atoms with Crippen LogP contribution in [0.25, 0.3) is 0 Å². The van der Waals surface area contributed by atoms with Gasteiger partial charge >= 0.3 is 172 Å². The fourth-order valence-electron chi connectivity index (χ4n) is 3.79. The van der Waals surface area contributed by atoms with Crippen LogP contribution in [-0.4, -0.2) is 17.2 Å². The van der Waals surface area contributed by atoms with E-state index in [2.05, 4.69) is 83.1 Å². The van der Waals surface area contributed by atoms with E-state index in [0.717, 1.165) is 0 Å². The predicted molar refractivity (Wildman–Crippen MR) is 123 cm³/mol. The Balaban J connectivity index is 1.83. The first-order chi connectivity index (χ1) is 14.3. The van der Waals surface area contributed by atoms with E-state index in [9.17, 15) is 4.79 Å². The van der Waals surface area contributed by atoms with Crippen LogP contribution in [0, 0.1) is 0 Å². The fourth-order valence-corrected chi connectivity index (χ4v) is 8.11. The van der Waals surface area contributed by atoms with Gasteiger partial charge in [0.1, 0.15) is 0 Å². The Labute approximate surface area is 171 Å². The van der Waals surface area contributed by atoms with E-state index in [0.29, 0.717) is 11.8 Å². The van der Waals surface area contributed by atoms with Crippen LogP contribution in [0.15, 0.2) is 116 Å². The monoisotopic (exact) mass is 398 g/mol. The van der Waals surface area contributed by atoms with Crippen LogP contribution >= 0.6 is 7.26 Å². The normalized spacial score (nSPS) is 11.6. The first-order valence-corrected chi connectivity index (χ1v) is 11.9. The predicted octanol–water partition coefficient (Wildman–Crippen LogP) is 3.50. The summed E-state index contributed by atoms with van der Waals surface area (Å²) in [6.45, 7) is 0. The second-order valence-electron chi connectivity index (χ2n) is 6.93. The van der Waals surface area contributed by atoms with Gasteiger partial charge in [0.2, 0.25) is 0 Å². The van der Waals surface area contributed by atoms with Crippen LogP contribution in [0.4, 0.5) is 0 Å². The molecule has 29 heavy (non-hydrogen) atoms. The van der Waals surface area contributed by atoms with Crippen molar-refractivity contribution in [3.05, 3.63) is 121 Å². The third kappa shape index (κ3) is 3.96. The van der Waals surface area contributed by atoms with E-state index in [4.69, 9.17) is 0 Å². The number of aromatic nitrogens is 1. The summed E-state index contributed by atoms with van der Waals surface area (Å²) < 4.78 is 0. The average Bonchev–Trinajstić information content (AvgIpc) is 2.82. The summed E-state index contributed by atoms with van der Waals surface area (Å²) >= 11 is 0. The van der Waals surface area contributed by atoms with E-state index in [-0.39, 0.29) is 5.91 Å². The maximum atomic E-state index is 12.9. The van der Waals surface area contributed by atoms with Gasteiger partial charge in [0.15, 0.2) is 0 Å². The molecule has 0 aliphatic heterocycles. The summed E-state index contributed by atoms with van der Waals surface area (Å²) in [4.78, 5) is 16.9.